The molecule has 0 saturated heterocycles. The van der Waals surface area contributed by atoms with Gasteiger partial charge in [0.05, 0.1) is 5.69 Å². The number of fused-ring (bicyclic) bond motifs is 1. The number of aryl methyl sites for hydroxylation is 1. The van der Waals surface area contributed by atoms with Crippen LogP contribution in [0, 0.1) is 6.92 Å². The molecular formula is C29H29N3. The highest BCUT2D eigenvalue weighted by molar-refractivity contribution is 5.82. The van der Waals surface area contributed by atoms with Crippen LogP contribution < -0.4 is 10.2 Å². The van der Waals surface area contributed by atoms with E-state index in [1.165, 1.54) is 27.9 Å². The minimum atomic E-state index is 0.136. The Balaban J connectivity index is 1.49. The largest absolute Gasteiger partial charge is 0.338 e. The molecule has 0 bridgehead atoms. The van der Waals surface area contributed by atoms with Crippen LogP contribution in [0.15, 0.2) is 91.1 Å². The second-order valence-electron chi connectivity index (χ2n) is 8.91. The lowest BCUT2D eigenvalue weighted by Crippen LogP contribution is -2.28. The van der Waals surface area contributed by atoms with Gasteiger partial charge in [-0.15, -0.1) is 0 Å². The predicted molar refractivity (Wildman–Crippen MR) is 135 cm³/mol. The third-order valence-corrected chi connectivity index (χ3v) is 6.80. The summed E-state index contributed by atoms with van der Waals surface area (Å²) in [5.41, 5.74) is 8.68. The van der Waals surface area contributed by atoms with E-state index in [4.69, 9.17) is 4.98 Å². The van der Waals surface area contributed by atoms with Crippen molar-refractivity contribution >= 4 is 22.9 Å². The zero-order valence-corrected chi connectivity index (χ0v) is 19.0. The molecule has 1 aliphatic rings. The molecule has 1 N–H and O–H groups in total. The Hall–Kier alpha value is -3.59. The molecule has 160 valence electrons. The SMILES string of the molecule is CCC1(C)CN(c2cccnc2Nc2ccc(-c3ccccc3)cc2C)c2ccccc21. The molecule has 3 nitrogen and oxygen atoms in total. The highest BCUT2D eigenvalue weighted by Crippen LogP contribution is 2.47. The van der Waals surface area contributed by atoms with Crippen molar-refractivity contribution in [2.45, 2.75) is 32.6 Å². The summed E-state index contributed by atoms with van der Waals surface area (Å²) < 4.78 is 0. The summed E-state index contributed by atoms with van der Waals surface area (Å²) in [7, 11) is 0. The average molecular weight is 420 g/mol. The fourth-order valence-electron chi connectivity index (χ4n) is 4.71. The summed E-state index contributed by atoms with van der Waals surface area (Å²) in [6.07, 6.45) is 2.96. The molecule has 1 aromatic heterocycles. The van der Waals surface area contributed by atoms with Crippen molar-refractivity contribution in [3.8, 4) is 11.1 Å². The van der Waals surface area contributed by atoms with Gasteiger partial charge in [-0.2, -0.15) is 0 Å². The molecule has 1 atom stereocenters. The standard InChI is InChI=1S/C29H29N3/c1-4-29(3)20-32(26-14-9-8-13-24(26)29)27-15-10-18-30-28(27)31-25-17-16-23(19-21(25)2)22-11-6-5-7-12-22/h5-19H,4,20H2,1-3H3,(H,30,31). The van der Waals surface area contributed by atoms with Crippen molar-refractivity contribution in [1.82, 2.24) is 4.98 Å². The molecule has 1 aliphatic heterocycles. The Bertz CT molecular complexity index is 1250. The Kier molecular flexibility index (Phi) is 5.18. The summed E-state index contributed by atoms with van der Waals surface area (Å²) in [5.74, 6) is 0.887. The molecule has 0 radical (unpaired) electrons. The van der Waals surface area contributed by atoms with Gasteiger partial charge >= 0.3 is 0 Å². The summed E-state index contributed by atoms with van der Waals surface area (Å²) in [6.45, 7) is 7.74. The van der Waals surface area contributed by atoms with Crippen molar-refractivity contribution in [2.24, 2.45) is 0 Å². The average Bonchev–Trinajstić information content (AvgIpc) is 3.14. The first-order valence-corrected chi connectivity index (χ1v) is 11.3. The summed E-state index contributed by atoms with van der Waals surface area (Å²) in [5, 5.41) is 3.62. The highest BCUT2D eigenvalue weighted by Gasteiger charge is 2.38. The van der Waals surface area contributed by atoms with Gasteiger partial charge in [0.15, 0.2) is 5.82 Å². The maximum atomic E-state index is 4.73. The number of hydrogen-bond donors (Lipinski definition) is 1. The monoisotopic (exact) mass is 419 g/mol. The molecule has 32 heavy (non-hydrogen) atoms. The number of anilines is 4. The molecule has 0 spiro atoms. The van der Waals surface area contributed by atoms with E-state index in [2.05, 4.69) is 110 Å². The van der Waals surface area contributed by atoms with Gasteiger partial charge in [-0.25, -0.2) is 4.98 Å². The van der Waals surface area contributed by atoms with E-state index in [1.54, 1.807) is 0 Å². The lowest BCUT2D eigenvalue weighted by atomic mass is 9.82. The van der Waals surface area contributed by atoms with Crippen LogP contribution in [0.4, 0.5) is 22.9 Å². The number of benzene rings is 3. The number of hydrogen-bond acceptors (Lipinski definition) is 3. The van der Waals surface area contributed by atoms with Gasteiger partial charge in [-0.05, 0) is 65.9 Å². The summed E-state index contributed by atoms with van der Waals surface area (Å²) in [4.78, 5) is 7.15. The van der Waals surface area contributed by atoms with E-state index in [1.807, 2.05) is 12.3 Å². The molecule has 3 aromatic carbocycles. The van der Waals surface area contributed by atoms with Gasteiger partial charge in [-0.1, -0.05) is 68.4 Å². The maximum absolute atomic E-state index is 4.73. The Morgan fingerprint density at radius 2 is 1.62 bits per heavy atom. The highest BCUT2D eigenvalue weighted by atomic mass is 15.2. The molecule has 0 saturated carbocycles. The van der Waals surface area contributed by atoms with Gasteiger partial charge in [-0.3, -0.25) is 0 Å². The van der Waals surface area contributed by atoms with Crippen LogP contribution in [0.1, 0.15) is 31.4 Å². The lowest BCUT2D eigenvalue weighted by molar-refractivity contribution is 0.492. The van der Waals surface area contributed by atoms with Crippen LogP contribution >= 0.6 is 0 Å². The maximum Gasteiger partial charge on any atom is 0.154 e. The first-order chi connectivity index (χ1) is 15.6. The summed E-state index contributed by atoms with van der Waals surface area (Å²) >= 11 is 0. The second-order valence-corrected chi connectivity index (χ2v) is 8.91. The Morgan fingerprint density at radius 3 is 2.41 bits per heavy atom. The number of aromatic nitrogens is 1. The molecule has 2 heterocycles. The van der Waals surface area contributed by atoms with Crippen molar-refractivity contribution < 1.29 is 0 Å². The van der Waals surface area contributed by atoms with Crippen LogP contribution in [0.2, 0.25) is 0 Å². The first kappa shape index (κ1) is 20.3. The zero-order chi connectivity index (χ0) is 22.1. The minimum absolute atomic E-state index is 0.136. The topological polar surface area (TPSA) is 28.2 Å². The van der Waals surface area contributed by atoms with E-state index >= 15 is 0 Å². The van der Waals surface area contributed by atoms with Crippen LogP contribution in [0.5, 0.6) is 0 Å². The van der Waals surface area contributed by atoms with Crippen LogP contribution in [-0.2, 0) is 5.41 Å². The number of nitrogens with one attached hydrogen (secondary N) is 1. The smallest absolute Gasteiger partial charge is 0.154 e. The fraction of sp³-hybridized carbons (Fsp3) is 0.207. The minimum Gasteiger partial charge on any atom is -0.338 e. The number of pyridine rings is 1. The molecule has 3 heteroatoms. The first-order valence-electron chi connectivity index (χ1n) is 11.3. The van der Waals surface area contributed by atoms with E-state index < -0.39 is 0 Å². The normalized spacial score (nSPS) is 17.3. The number of nitrogens with zero attached hydrogens (tertiary/aromatic N) is 2. The van der Waals surface area contributed by atoms with Gasteiger partial charge in [0, 0.05) is 29.5 Å². The Labute approximate surface area is 190 Å². The molecule has 0 aliphatic carbocycles. The molecule has 4 aromatic rings. The van der Waals surface area contributed by atoms with Crippen molar-refractivity contribution in [3.05, 3.63) is 102 Å². The van der Waals surface area contributed by atoms with Crippen molar-refractivity contribution in [3.63, 3.8) is 0 Å². The lowest BCUT2D eigenvalue weighted by Gasteiger charge is -2.26. The molecule has 0 amide bonds. The Morgan fingerprint density at radius 1 is 0.875 bits per heavy atom. The third-order valence-electron chi connectivity index (χ3n) is 6.80. The van der Waals surface area contributed by atoms with E-state index in [0.29, 0.717) is 0 Å². The van der Waals surface area contributed by atoms with E-state index in [-0.39, 0.29) is 5.41 Å². The van der Waals surface area contributed by atoms with E-state index in [0.717, 1.165) is 30.2 Å². The molecular weight excluding hydrogens is 390 g/mol. The predicted octanol–water partition coefficient (Wildman–Crippen LogP) is 7.62. The van der Waals surface area contributed by atoms with Crippen LogP contribution in [0.3, 0.4) is 0 Å². The fourth-order valence-corrected chi connectivity index (χ4v) is 4.71. The summed E-state index contributed by atoms with van der Waals surface area (Å²) in [6, 6.07) is 30.0. The van der Waals surface area contributed by atoms with Crippen LogP contribution in [0.25, 0.3) is 11.1 Å². The van der Waals surface area contributed by atoms with Gasteiger partial charge < -0.3 is 10.2 Å². The molecule has 5 rings (SSSR count). The van der Waals surface area contributed by atoms with Gasteiger partial charge in [0.1, 0.15) is 0 Å². The van der Waals surface area contributed by atoms with Gasteiger partial charge in [0.2, 0.25) is 0 Å². The zero-order valence-electron chi connectivity index (χ0n) is 19.0. The van der Waals surface area contributed by atoms with Crippen molar-refractivity contribution in [1.29, 1.82) is 0 Å². The van der Waals surface area contributed by atoms with Crippen molar-refractivity contribution in [2.75, 3.05) is 16.8 Å². The number of para-hydroxylation sites is 1. The molecule has 1 unspecified atom stereocenters. The third kappa shape index (κ3) is 3.54. The quantitative estimate of drug-likeness (QED) is 0.360. The van der Waals surface area contributed by atoms with E-state index in [9.17, 15) is 0 Å². The number of rotatable bonds is 5. The van der Waals surface area contributed by atoms with Crippen LogP contribution in [-0.4, -0.2) is 11.5 Å². The molecule has 0 fully saturated rings. The van der Waals surface area contributed by atoms with Gasteiger partial charge in [0.25, 0.3) is 0 Å². The second kappa shape index (κ2) is 8.16.